The topological polar surface area (TPSA) is 41.6 Å². The van der Waals surface area contributed by atoms with Crippen LogP contribution in [-0.4, -0.2) is 30.5 Å². The first-order valence-corrected chi connectivity index (χ1v) is 6.14. The lowest BCUT2D eigenvalue weighted by Gasteiger charge is -2.31. The molecule has 3 heteroatoms. The molecule has 0 amide bonds. The predicted molar refractivity (Wildman–Crippen MR) is 65.9 cm³/mol. The summed E-state index contributed by atoms with van der Waals surface area (Å²) in [7, 11) is 0. The van der Waals surface area contributed by atoms with E-state index in [1.807, 2.05) is 0 Å². The van der Waals surface area contributed by atoms with Gasteiger partial charge < -0.3 is 10.6 Å². The van der Waals surface area contributed by atoms with Gasteiger partial charge in [0.2, 0.25) is 0 Å². The summed E-state index contributed by atoms with van der Waals surface area (Å²) < 4.78 is 0. The zero-order chi connectivity index (χ0) is 11.3. The summed E-state index contributed by atoms with van der Waals surface area (Å²) in [6, 6.07) is 0. The highest BCUT2D eigenvalue weighted by Crippen LogP contribution is 2.14. The quantitative estimate of drug-likeness (QED) is 0.573. The molecule has 1 saturated heterocycles. The Morgan fingerprint density at radius 3 is 2.87 bits per heavy atom. The molecule has 0 saturated carbocycles. The van der Waals surface area contributed by atoms with Gasteiger partial charge >= 0.3 is 0 Å². The van der Waals surface area contributed by atoms with E-state index < -0.39 is 0 Å². The molecule has 0 aromatic carbocycles. The first kappa shape index (κ1) is 12.3. The molecular formula is C12H25N3. The number of guanidine groups is 1. The molecule has 0 aliphatic carbocycles. The van der Waals surface area contributed by atoms with Crippen molar-refractivity contribution in [2.45, 2.75) is 40.0 Å². The molecule has 0 bridgehead atoms. The largest absolute Gasteiger partial charge is 0.370 e. The van der Waals surface area contributed by atoms with Gasteiger partial charge in [-0.2, -0.15) is 0 Å². The summed E-state index contributed by atoms with van der Waals surface area (Å²) in [5.74, 6) is 2.22. The second kappa shape index (κ2) is 5.99. The average Bonchev–Trinajstić information content (AvgIpc) is 2.17. The van der Waals surface area contributed by atoms with Crippen molar-refractivity contribution in [3.05, 3.63) is 0 Å². The molecule has 1 rings (SSSR count). The summed E-state index contributed by atoms with van der Waals surface area (Å²) in [4.78, 5) is 6.67. The van der Waals surface area contributed by atoms with Gasteiger partial charge in [-0.3, -0.25) is 4.99 Å². The lowest BCUT2D eigenvalue weighted by Crippen LogP contribution is -2.43. The maximum absolute atomic E-state index is 5.97. The third-order valence-electron chi connectivity index (χ3n) is 2.96. The third kappa shape index (κ3) is 4.54. The van der Waals surface area contributed by atoms with Crippen molar-refractivity contribution in [2.75, 3.05) is 19.6 Å². The van der Waals surface area contributed by atoms with Crippen LogP contribution in [0.3, 0.4) is 0 Å². The highest BCUT2D eigenvalue weighted by Gasteiger charge is 2.17. The van der Waals surface area contributed by atoms with Crippen molar-refractivity contribution in [1.29, 1.82) is 0 Å². The third-order valence-corrected chi connectivity index (χ3v) is 2.96. The zero-order valence-corrected chi connectivity index (χ0v) is 10.4. The molecule has 0 radical (unpaired) electrons. The summed E-state index contributed by atoms with van der Waals surface area (Å²) in [6.07, 6.45) is 3.71. The van der Waals surface area contributed by atoms with Gasteiger partial charge in [0, 0.05) is 19.6 Å². The molecule has 1 unspecified atom stereocenters. The van der Waals surface area contributed by atoms with Crippen LogP contribution in [0.2, 0.25) is 0 Å². The van der Waals surface area contributed by atoms with E-state index in [9.17, 15) is 0 Å². The van der Waals surface area contributed by atoms with Gasteiger partial charge in [-0.25, -0.2) is 0 Å². The normalized spacial score (nSPS) is 23.6. The number of hydrogen-bond acceptors (Lipinski definition) is 1. The molecule has 1 aliphatic rings. The van der Waals surface area contributed by atoms with Crippen LogP contribution in [0, 0.1) is 11.8 Å². The maximum atomic E-state index is 5.97. The lowest BCUT2D eigenvalue weighted by atomic mass is 10.0. The Bertz CT molecular complexity index is 211. The standard InChI is InChI=1S/C12H25N3/c1-10(2)6-7-14-12(13)15-8-4-5-11(3)9-15/h10-11H,4-9H2,1-3H3,(H2,13,14). The minimum atomic E-state index is 0.710. The molecule has 1 heterocycles. The Labute approximate surface area is 93.7 Å². The van der Waals surface area contributed by atoms with Crippen molar-refractivity contribution in [3.8, 4) is 0 Å². The van der Waals surface area contributed by atoms with E-state index in [0.29, 0.717) is 5.92 Å². The molecule has 0 spiro atoms. The van der Waals surface area contributed by atoms with E-state index >= 15 is 0 Å². The van der Waals surface area contributed by atoms with E-state index in [4.69, 9.17) is 5.73 Å². The van der Waals surface area contributed by atoms with Crippen LogP contribution in [0.4, 0.5) is 0 Å². The minimum Gasteiger partial charge on any atom is -0.370 e. The maximum Gasteiger partial charge on any atom is 0.191 e. The van der Waals surface area contributed by atoms with Crippen LogP contribution in [-0.2, 0) is 0 Å². The molecule has 0 aromatic heterocycles. The van der Waals surface area contributed by atoms with Crippen molar-refractivity contribution in [3.63, 3.8) is 0 Å². The lowest BCUT2D eigenvalue weighted by molar-refractivity contribution is 0.270. The Hall–Kier alpha value is -0.730. The number of likely N-dealkylation sites (tertiary alicyclic amines) is 1. The van der Waals surface area contributed by atoms with E-state index in [0.717, 1.165) is 37.9 Å². The first-order chi connectivity index (χ1) is 7.09. The number of piperidine rings is 1. The van der Waals surface area contributed by atoms with Crippen molar-refractivity contribution in [1.82, 2.24) is 4.90 Å². The second-order valence-corrected chi connectivity index (χ2v) is 5.12. The SMILES string of the molecule is CC(C)CCN=C(N)N1CCCC(C)C1. The Morgan fingerprint density at radius 2 is 2.27 bits per heavy atom. The molecule has 15 heavy (non-hydrogen) atoms. The number of rotatable bonds is 3. The van der Waals surface area contributed by atoms with Gasteiger partial charge in [-0.15, -0.1) is 0 Å². The van der Waals surface area contributed by atoms with Crippen LogP contribution in [0.15, 0.2) is 4.99 Å². The van der Waals surface area contributed by atoms with Crippen LogP contribution in [0.25, 0.3) is 0 Å². The Morgan fingerprint density at radius 1 is 1.53 bits per heavy atom. The smallest absolute Gasteiger partial charge is 0.191 e. The van der Waals surface area contributed by atoms with Crippen LogP contribution < -0.4 is 5.73 Å². The number of nitrogens with two attached hydrogens (primary N) is 1. The van der Waals surface area contributed by atoms with E-state index in [1.54, 1.807) is 0 Å². The molecule has 88 valence electrons. The highest BCUT2D eigenvalue weighted by molar-refractivity contribution is 5.78. The minimum absolute atomic E-state index is 0.710. The summed E-state index contributed by atoms with van der Waals surface area (Å²) >= 11 is 0. The van der Waals surface area contributed by atoms with Crippen LogP contribution in [0.5, 0.6) is 0 Å². The average molecular weight is 211 g/mol. The first-order valence-electron chi connectivity index (χ1n) is 6.14. The molecule has 2 N–H and O–H groups in total. The molecule has 1 fully saturated rings. The molecule has 1 atom stereocenters. The molecule has 0 aromatic rings. The second-order valence-electron chi connectivity index (χ2n) is 5.12. The van der Waals surface area contributed by atoms with Crippen molar-refractivity contribution < 1.29 is 0 Å². The highest BCUT2D eigenvalue weighted by atomic mass is 15.3. The van der Waals surface area contributed by atoms with E-state index in [1.165, 1.54) is 12.8 Å². The fraction of sp³-hybridized carbons (Fsp3) is 0.917. The van der Waals surface area contributed by atoms with Crippen LogP contribution >= 0.6 is 0 Å². The predicted octanol–water partition coefficient (Wildman–Crippen LogP) is 2.08. The summed E-state index contributed by atoms with van der Waals surface area (Å²) in [6.45, 7) is 9.75. The Kier molecular flexibility index (Phi) is 4.92. The van der Waals surface area contributed by atoms with E-state index in [-0.39, 0.29) is 0 Å². The van der Waals surface area contributed by atoms with Gasteiger partial charge in [0.05, 0.1) is 0 Å². The zero-order valence-electron chi connectivity index (χ0n) is 10.4. The molecule has 3 nitrogen and oxygen atoms in total. The summed E-state index contributed by atoms with van der Waals surface area (Å²) in [5.41, 5.74) is 5.97. The van der Waals surface area contributed by atoms with Gasteiger partial charge in [0.15, 0.2) is 5.96 Å². The van der Waals surface area contributed by atoms with Crippen LogP contribution in [0.1, 0.15) is 40.0 Å². The van der Waals surface area contributed by atoms with Gasteiger partial charge in [-0.05, 0) is 31.1 Å². The van der Waals surface area contributed by atoms with Crippen molar-refractivity contribution in [2.24, 2.45) is 22.6 Å². The fourth-order valence-electron chi connectivity index (χ4n) is 1.93. The monoisotopic (exact) mass is 211 g/mol. The van der Waals surface area contributed by atoms with Gasteiger partial charge in [-0.1, -0.05) is 20.8 Å². The fourth-order valence-corrected chi connectivity index (χ4v) is 1.93. The van der Waals surface area contributed by atoms with E-state index in [2.05, 4.69) is 30.7 Å². The number of hydrogen-bond donors (Lipinski definition) is 1. The van der Waals surface area contributed by atoms with Gasteiger partial charge in [0.1, 0.15) is 0 Å². The number of aliphatic imine (C=N–C) groups is 1. The molecular weight excluding hydrogens is 186 g/mol. The molecule has 1 aliphatic heterocycles. The Balaban J connectivity index is 2.34. The van der Waals surface area contributed by atoms with Gasteiger partial charge in [0.25, 0.3) is 0 Å². The number of nitrogens with zero attached hydrogens (tertiary/aromatic N) is 2. The summed E-state index contributed by atoms with van der Waals surface area (Å²) in [5, 5.41) is 0. The van der Waals surface area contributed by atoms with Crippen molar-refractivity contribution >= 4 is 5.96 Å².